The van der Waals surface area contributed by atoms with Crippen molar-refractivity contribution < 1.29 is 14.3 Å². The van der Waals surface area contributed by atoms with Crippen molar-refractivity contribution in [3.05, 3.63) is 59.9 Å². The molecule has 1 aromatic heterocycles. The lowest BCUT2D eigenvalue weighted by Gasteiger charge is -2.37. The number of likely N-dealkylation sites (tertiary alicyclic amines) is 1. The molecule has 1 aliphatic rings. The van der Waals surface area contributed by atoms with Crippen LogP contribution in [0.1, 0.15) is 55.5 Å². The van der Waals surface area contributed by atoms with Crippen LogP contribution in [0.4, 0.5) is 0 Å². The van der Waals surface area contributed by atoms with Gasteiger partial charge in [0.15, 0.2) is 0 Å². The van der Waals surface area contributed by atoms with Crippen molar-refractivity contribution in [2.45, 2.75) is 52.2 Å². The first-order valence-electron chi connectivity index (χ1n) is 10.8. The van der Waals surface area contributed by atoms with Crippen molar-refractivity contribution in [3.63, 3.8) is 0 Å². The fraction of sp³-hybridized carbons (Fsp3) is 0.458. The Labute approximate surface area is 178 Å². The highest BCUT2D eigenvalue weighted by Gasteiger charge is 2.33. The standard InChI is InChI=1S/C24H31N3O3/c1-3-4-13-26-23(28)21-11-10-18(2)27(16-21)24(29)20-8-5-9-22(14-20)30-17-19-7-6-12-25-15-19/h5-9,12,14-15,18,21H,3-4,10-11,13,16-17H2,1-2H3,(H,26,28). The Bertz CT molecular complexity index is 841. The van der Waals surface area contributed by atoms with Crippen molar-refractivity contribution in [2.24, 2.45) is 5.92 Å². The molecule has 0 saturated carbocycles. The number of hydrogen-bond donors (Lipinski definition) is 1. The van der Waals surface area contributed by atoms with E-state index in [4.69, 9.17) is 4.74 Å². The second kappa shape index (κ2) is 10.8. The summed E-state index contributed by atoms with van der Waals surface area (Å²) in [5, 5.41) is 3.01. The maximum atomic E-state index is 13.2. The van der Waals surface area contributed by atoms with Crippen LogP contribution in [0.25, 0.3) is 0 Å². The van der Waals surface area contributed by atoms with Crippen LogP contribution in [-0.4, -0.2) is 40.8 Å². The highest BCUT2D eigenvalue weighted by Crippen LogP contribution is 2.25. The van der Waals surface area contributed by atoms with Gasteiger partial charge < -0.3 is 15.0 Å². The number of amides is 2. The van der Waals surface area contributed by atoms with Gasteiger partial charge in [-0.2, -0.15) is 0 Å². The predicted octanol–water partition coefficient (Wildman–Crippen LogP) is 3.82. The quantitative estimate of drug-likeness (QED) is 0.673. The molecule has 1 fully saturated rings. The fourth-order valence-electron chi connectivity index (χ4n) is 3.67. The van der Waals surface area contributed by atoms with E-state index in [1.54, 1.807) is 24.5 Å². The molecule has 0 spiro atoms. The van der Waals surface area contributed by atoms with E-state index in [2.05, 4.69) is 17.2 Å². The molecule has 2 atom stereocenters. The Morgan fingerprint density at radius 3 is 2.87 bits per heavy atom. The Kier molecular flexibility index (Phi) is 7.82. The van der Waals surface area contributed by atoms with Crippen molar-refractivity contribution in [3.8, 4) is 5.75 Å². The van der Waals surface area contributed by atoms with Crippen molar-refractivity contribution in [1.82, 2.24) is 15.2 Å². The van der Waals surface area contributed by atoms with Crippen molar-refractivity contribution >= 4 is 11.8 Å². The summed E-state index contributed by atoms with van der Waals surface area (Å²) in [5.74, 6) is 0.498. The molecule has 1 N–H and O–H groups in total. The van der Waals surface area contributed by atoms with Gasteiger partial charge in [-0.15, -0.1) is 0 Å². The minimum absolute atomic E-state index is 0.0552. The number of unbranched alkanes of at least 4 members (excludes halogenated alkanes) is 1. The molecule has 30 heavy (non-hydrogen) atoms. The number of carbonyl (C=O) groups is 2. The van der Waals surface area contributed by atoms with Gasteiger partial charge in [-0.1, -0.05) is 25.5 Å². The van der Waals surface area contributed by atoms with E-state index in [9.17, 15) is 9.59 Å². The number of pyridine rings is 1. The second-order valence-corrected chi connectivity index (χ2v) is 7.90. The minimum Gasteiger partial charge on any atom is -0.489 e. The van der Waals surface area contributed by atoms with E-state index in [1.807, 2.05) is 36.1 Å². The predicted molar refractivity (Wildman–Crippen MR) is 116 cm³/mol. The lowest BCUT2D eigenvalue weighted by Crippen LogP contribution is -2.49. The summed E-state index contributed by atoms with van der Waals surface area (Å²) in [5.41, 5.74) is 1.55. The smallest absolute Gasteiger partial charge is 0.254 e. The molecule has 6 nitrogen and oxygen atoms in total. The maximum Gasteiger partial charge on any atom is 0.254 e. The number of carbonyl (C=O) groups excluding carboxylic acids is 2. The lowest BCUT2D eigenvalue weighted by molar-refractivity contribution is -0.126. The second-order valence-electron chi connectivity index (χ2n) is 7.90. The largest absolute Gasteiger partial charge is 0.489 e. The molecule has 6 heteroatoms. The molecule has 0 aliphatic carbocycles. The molecule has 2 unspecified atom stereocenters. The van der Waals surface area contributed by atoms with Gasteiger partial charge in [-0.25, -0.2) is 0 Å². The first-order chi connectivity index (χ1) is 14.6. The summed E-state index contributed by atoms with van der Waals surface area (Å²) in [6, 6.07) is 11.2. The van der Waals surface area contributed by atoms with Gasteiger partial charge in [-0.3, -0.25) is 14.6 Å². The molecule has 3 rings (SSSR count). The van der Waals surface area contributed by atoms with Crippen molar-refractivity contribution in [2.75, 3.05) is 13.1 Å². The van der Waals surface area contributed by atoms with Crippen LogP contribution < -0.4 is 10.1 Å². The monoisotopic (exact) mass is 409 g/mol. The van der Waals surface area contributed by atoms with E-state index in [1.165, 1.54) is 0 Å². The van der Waals surface area contributed by atoms with E-state index in [0.717, 1.165) is 31.2 Å². The topological polar surface area (TPSA) is 71.5 Å². The van der Waals surface area contributed by atoms with E-state index in [0.29, 0.717) is 31.0 Å². The van der Waals surface area contributed by atoms with Gasteiger partial charge in [-0.05, 0) is 50.5 Å². The number of aromatic nitrogens is 1. The highest BCUT2D eigenvalue weighted by atomic mass is 16.5. The molecular weight excluding hydrogens is 378 g/mol. The van der Waals surface area contributed by atoms with Gasteiger partial charge in [0.2, 0.25) is 5.91 Å². The SMILES string of the molecule is CCCCNC(=O)C1CCC(C)N(C(=O)c2cccc(OCc3cccnc3)c2)C1. The zero-order valence-electron chi connectivity index (χ0n) is 17.8. The molecule has 0 radical (unpaired) electrons. The van der Waals surface area contributed by atoms with Crippen LogP contribution in [0.2, 0.25) is 0 Å². The van der Waals surface area contributed by atoms with Crippen LogP contribution in [-0.2, 0) is 11.4 Å². The van der Waals surface area contributed by atoms with Gasteiger partial charge >= 0.3 is 0 Å². The Morgan fingerprint density at radius 2 is 2.10 bits per heavy atom. The number of ether oxygens (including phenoxy) is 1. The minimum atomic E-state index is -0.146. The average Bonchev–Trinajstić information content (AvgIpc) is 2.78. The average molecular weight is 410 g/mol. The number of nitrogens with one attached hydrogen (secondary N) is 1. The summed E-state index contributed by atoms with van der Waals surface area (Å²) >= 11 is 0. The van der Waals surface area contributed by atoms with Crippen LogP contribution in [0.15, 0.2) is 48.8 Å². The molecule has 2 aromatic rings. The number of hydrogen-bond acceptors (Lipinski definition) is 4. The molecule has 0 bridgehead atoms. The molecule has 1 saturated heterocycles. The summed E-state index contributed by atoms with van der Waals surface area (Å²) in [6.45, 7) is 5.70. The molecular formula is C24H31N3O3. The van der Waals surface area contributed by atoms with Gasteiger partial charge in [0, 0.05) is 42.7 Å². The Morgan fingerprint density at radius 1 is 1.23 bits per heavy atom. The van der Waals surface area contributed by atoms with E-state index >= 15 is 0 Å². The lowest BCUT2D eigenvalue weighted by atomic mass is 9.92. The molecule has 2 amide bonds. The van der Waals surface area contributed by atoms with Crippen molar-refractivity contribution in [1.29, 1.82) is 0 Å². The van der Waals surface area contributed by atoms with Crippen LogP contribution in [0.5, 0.6) is 5.75 Å². The number of rotatable bonds is 8. The fourth-order valence-corrected chi connectivity index (χ4v) is 3.67. The number of nitrogens with zero attached hydrogens (tertiary/aromatic N) is 2. The van der Waals surface area contributed by atoms with E-state index < -0.39 is 0 Å². The van der Waals surface area contributed by atoms with Crippen LogP contribution in [0.3, 0.4) is 0 Å². The first-order valence-corrected chi connectivity index (χ1v) is 10.8. The molecule has 2 heterocycles. The maximum absolute atomic E-state index is 13.2. The van der Waals surface area contributed by atoms with Gasteiger partial charge in [0.05, 0.1) is 5.92 Å². The molecule has 1 aliphatic heterocycles. The summed E-state index contributed by atoms with van der Waals surface area (Å²) < 4.78 is 5.84. The molecule has 160 valence electrons. The zero-order chi connectivity index (χ0) is 21.3. The Hall–Kier alpha value is -2.89. The Balaban J connectivity index is 1.63. The zero-order valence-corrected chi connectivity index (χ0v) is 17.8. The van der Waals surface area contributed by atoms with E-state index in [-0.39, 0.29) is 23.8 Å². The normalized spacial score (nSPS) is 18.7. The third-order valence-corrected chi connectivity index (χ3v) is 5.55. The van der Waals surface area contributed by atoms with Gasteiger partial charge in [0.25, 0.3) is 5.91 Å². The van der Waals surface area contributed by atoms with Gasteiger partial charge in [0.1, 0.15) is 12.4 Å². The first kappa shape index (κ1) is 21.8. The third-order valence-electron chi connectivity index (χ3n) is 5.55. The summed E-state index contributed by atoms with van der Waals surface area (Å²) in [7, 11) is 0. The van der Waals surface area contributed by atoms with Crippen LogP contribution >= 0.6 is 0 Å². The third kappa shape index (κ3) is 5.81. The number of benzene rings is 1. The number of piperidine rings is 1. The highest BCUT2D eigenvalue weighted by molar-refractivity contribution is 5.95. The summed E-state index contributed by atoms with van der Waals surface area (Å²) in [6.07, 6.45) is 7.15. The summed E-state index contributed by atoms with van der Waals surface area (Å²) in [4.78, 5) is 31.6. The van der Waals surface area contributed by atoms with Crippen LogP contribution in [0, 0.1) is 5.92 Å². The molecule has 1 aromatic carbocycles.